The van der Waals surface area contributed by atoms with Crippen molar-refractivity contribution in [2.75, 3.05) is 6.54 Å². The van der Waals surface area contributed by atoms with Crippen molar-refractivity contribution in [1.82, 2.24) is 9.62 Å². The molecule has 1 N–H and O–H groups in total. The number of sulfone groups is 1. The highest BCUT2D eigenvalue weighted by Crippen LogP contribution is 2.45. The van der Waals surface area contributed by atoms with Gasteiger partial charge in [-0.1, -0.05) is 0 Å². The van der Waals surface area contributed by atoms with Crippen LogP contribution in [0.15, 0.2) is 14.5 Å². The molecule has 0 radical (unpaired) electrons. The number of thiophene rings is 1. The molecule has 0 aliphatic carbocycles. The Bertz CT molecular complexity index is 1120. The van der Waals surface area contributed by atoms with Crippen molar-refractivity contribution in [3.63, 3.8) is 0 Å². The highest BCUT2D eigenvalue weighted by molar-refractivity contribution is 7.95. The van der Waals surface area contributed by atoms with Crippen LogP contribution in [0.5, 0.6) is 0 Å². The largest absolute Gasteiger partial charge is 0.444 e. The van der Waals surface area contributed by atoms with Gasteiger partial charge in [0.05, 0.1) is 11.3 Å². The van der Waals surface area contributed by atoms with E-state index in [-0.39, 0.29) is 26.9 Å². The smallest absolute Gasteiger partial charge is 0.421 e. The summed E-state index contributed by atoms with van der Waals surface area (Å²) < 4.78 is 63.3. The Morgan fingerprint density at radius 2 is 1.70 bits per heavy atom. The Labute approximate surface area is 199 Å². The number of sulfonamides is 1. The Balaban J connectivity index is 2.51. The quantitative estimate of drug-likeness (QED) is 0.628. The zero-order valence-corrected chi connectivity index (χ0v) is 22.5. The number of rotatable bonds is 4. The van der Waals surface area contributed by atoms with Gasteiger partial charge >= 0.3 is 12.2 Å². The normalized spacial score (nSPS) is 20.5. The van der Waals surface area contributed by atoms with Gasteiger partial charge in [-0.3, -0.25) is 0 Å². The van der Waals surface area contributed by atoms with E-state index in [9.17, 15) is 26.4 Å². The molecular weight excluding hydrogens is 492 g/mol. The first-order chi connectivity index (χ1) is 14.8. The number of nitrogens with zero attached hydrogens (tertiary/aromatic N) is 1. The molecule has 1 aliphatic rings. The van der Waals surface area contributed by atoms with Gasteiger partial charge in [-0.25, -0.2) is 31.1 Å². The minimum absolute atomic E-state index is 0.0815. The van der Waals surface area contributed by atoms with Crippen LogP contribution < -0.4 is 4.72 Å². The van der Waals surface area contributed by atoms with Crippen molar-refractivity contribution in [3.05, 3.63) is 11.6 Å². The molecule has 188 valence electrons. The third-order valence-electron chi connectivity index (χ3n) is 4.63. The van der Waals surface area contributed by atoms with E-state index in [4.69, 9.17) is 9.47 Å². The third kappa shape index (κ3) is 6.38. The highest BCUT2D eigenvalue weighted by Gasteiger charge is 2.43. The Hall–Kier alpha value is -1.86. The molecule has 0 spiro atoms. The molecule has 2 heterocycles. The van der Waals surface area contributed by atoms with Crippen molar-refractivity contribution in [1.29, 1.82) is 0 Å². The Kier molecular flexibility index (Phi) is 7.52. The Morgan fingerprint density at radius 3 is 2.18 bits per heavy atom. The number of hydrogen-bond donors (Lipinski definition) is 1. The average Bonchev–Trinajstić information content (AvgIpc) is 3.03. The second-order valence-corrected chi connectivity index (χ2v) is 15.3. The predicted molar refractivity (Wildman–Crippen MR) is 123 cm³/mol. The lowest BCUT2D eigenvalue weighted by molar-refractivity contribution is 0.0156. The van der Waals surface area contributed by atoms with Crippen LogP contribution in [0.25, 0.3) is 0 Å². The van der Waals surface area contributed by atoms with E-state index in [2.05, 4.69) is 0 Å². The molecule has 13 heteroatoms. The van der Waals surface area contributed by atoms with E-state index < -0.39 is 54.5 Å². The number of ether oxygens (including phenoxy) is 2. The average molecular weight is 525 g/mol. The molecule has 0 bridgehead atoms. The number of carbonyl (C=O) groups excluding carboxylic acids is 2. The first-order valence-corrected chi connectivity index (χ1v) is 14.3. The van der Waals surface area contributed by atoms with E-state index in [1.807, 2.05) is 4.72 Å². The summed E-state index contributed by atoms with van der Waals surface area (Å²) in [6.45, 7) is 13.4. The molecule has 0 aromatic carbocycles. The molecule has 1 aliphatic heterocycles. The summed E-state index contributed by atoms with van der Waals surface area (Å²) in [6, 6.07) is 0.494. The van der Waals surface area contributed by atoms with Crippen LogP contribution in [0, 0.1) is 0 Å². The number of fused-ring (bicyclic) bond motifs is 1. The highest BCUT2D eigenvalue weighted by atomic mass is 32.3. The first-order valence-electron chi connectivity index (χ1n) is 10.4. The Morgan fingerprint density at radius 1 is 1.15 bits per heavy atom. The molecule has 0 saturated heterocycles. The van der Waals surface area contributed by atoms with Crippen LogP contribution in [0.2, 0.25) is 0 Å². The standard InChI is InChI=1S/C20H32N2O8S3/c1-9-22(18(24)30-20(6,7)8)14-10-12(2)32(25,26)16-13(14)11-15(31-16)33(27,28)21-17(23)29-19(3,4)5/h11-12,14H,9-10H2,1-8H3,(H,21,23). The van der Waals surface area contributed by atoms with E-state index in [1.54, 1.807) is 48.5 Å². The maximum atomic E-state index is 13.0. The molecule has 10 nitrogen and oxygen atoms in total. The van der Waals surface area contributed by atoms with Gasteiger partial charge < -0.3 is 14.4 Å². The van der Waals surface area contributed by atoms with Gasteiger partial charge in [-0.05, 0) is 67.9 Å². The van der Waals surface area contributed by atoms with Gasteiger partial charge in [0.15, 0.2) is 9.84 Å². The van der Waals surface area contributed by atoms with Crippen LogP contribution in [0.1, 0.15) is 73.4 Å². The maximum absolute atomic E-state index is 13.0. The molecule has 2 unspecified atom stereocenters. The molecule has 2 amide bonds. The number of nitrogens with one attached hydrogen (secondary N) is 1. The monoisotopic (exact) mass is 524 g/mol. The summed E-state index contributed by atoms with van der Waals surface area (Å²) in [5, 5.41) is -0.848. The van der Waals surface area contributed by atoms with Crippen LogP contribution in [0.4, 0.5) is 9.59 Å². The van der Waals surface area contributed by atoms with Gasteiger partial charge in [0.2, 0.25) is 0 Å². The fraction of sp³-hybridized carbons (Fsp3) is 0.700. The first kappa shape index (κ1) is 27.4. The van der Waals surface area contributed by atoms with E-state index in [0.29, 0.717) is 11.3 Å². The lowest BCUT2D eigenvalue weighted by atomic mass is 10.0. The molecule has 0 saturated carbocycles. The van der Waals surface area contributed by atoms with E-state index in [0.717, 1.165) is 0 Å². The summed E-state index contributed by atoms with van der Waals surface area (Å²) in [5.74, 6) is 0. The van der Waals surface area contributed by atoms with Crippen molar-refractivity contribution in [3.8, 4) is 0 Å². The topological polar surface area (TPSA) is 136 Å². The molecule has 1 aromatic heterocycles. The minimum Gasteiger partial charge on any atom is -0.444 e. The van der Waals surface area contributed by atoms with Crippen molar-refractivity contribution < 1.29 is 35.9 Å². The summed E-state index contributed by atoms with van der Waals surface area (Å²) in [6.07, 6.45) is -1.72. The molecular formula is C20H32N2O8S3. The fourth-order valence-electron chi connectivity index (χ4n) is 3.25. The van der Waals surface area contributed by atoms with Crippen LogP contribution >= 0.6 is 11.3 Å². The zero-order chi connectivity index (χ0) is 25.6. The molecule has 2 atom stereocenters. The van der Waals surface area contributed by atoms with Gasteiger partial charge in [0.25, 0.3) is 10.0 Å². The van der Waals surface area contributed by atoms with E-state index in [1.165, 1.54) is 17.9 Å². The number of amides is 2. The lowest BCUT2D eigenvalue weighted by Gasteiger charge is -2.36. The molecule has 2 rings (SSSR count). The van der Waals surface area contributed by atoms with Crippen LogP contribution in [-0.2, 0) is 29.3 Å². The van der Waals surface area contributed by atoms with Crippen molar-refractivity contribution >= 4 is 43.4 Å². The second-order valence-electron chi connectivity index (χ2n) is 9.79. The summed E-state index contributed by atoms with van der Waals surface area (Å²) in [4.78, 5) is 26.2. The number of carbonyl (C=O) groups is 2. The third-order valence-corrected chi connectivity index (χ3v) is 10.3. The van der Waals surface area contributed by atoms with Gasteiger partial charge in [0, 0.05) is 12.1 Å². The molecule has 0 fully saturated rings. The second kappa shape index (κ2) is 9.06. The van der Waals surface area contributed by atoms with E-state index >= 15 is 0 Å². The number of hydrogen-bond acceptors (Lipinski definition) is 9. The molecule has 1 aromatic rings. The zero-order valence-electron chi connectivity index (χ0n) is 20.1. The fourth-order valence-corrected chi connectivity index (χ4v) is 8.10. The van der Waals surface area contributed by atoms with Gasteiger partial charge in [-0.2, -0.15) is 0 Å². The van der Waals surface area contributed by atoms with Crippen molar-refractivity contribution in [2.45, 2.75) is 92.7 Å². The summed E-state index contributed by atoms with van der Waals surface area (Å²) in [5.41, 5.74) is -1.50. The minimum atomic E-state index is -4.40. The molecule has 33 heavy (non-hydrogen) atoms. The van der Waals surface area contributed by atoms with Gasteiger partial charge in [-0.15, -0.1) is 11.3 Å². The van der Waals surface area contributed by atoms with Crippen LogP contribution in [-0.4, -0.2) is 56.9 Å². The van der Waals surface area contributed by atoms with Crippen LogP contribution in [0.3, 0.4) is 0 Å². The predicted octanol–water partition coefficient (Wildman–Crippen LogP) is 3.83. The summed E-state index contributed by atoms with van der Waals surface area (Å²) in [7, 11) is -8.23. The van der Waals surface area contributed by atoms with Crippen molar-refractivity contribution in [2.24, 2.45) is 0 Å². The summed E-state index contributed by atoms with van der Waals surface area (Å²) >= 11 is 0.544. The maximum Gasteiger partial charge on any atom is 0.421 e. The van der Waals surface area contributed by atoms with Gasteiger partial charge in [0.1, 0.15) is 19.6 Å². The lowest BCUT2D eigenvalue weighted by Crippen LogP contribution is -2.42. The SMILES string of the molecule is CCN(C(=O)OC(C)(C)C)C1CC(C)S(=O)(=O)c2sc(S(=O)(=O)NC(=O)OC(C)(C)C)cc21.